The minimum absolute atomic E-state index is 0.143. The summed E-state index contributed by atoms with van der Waals surface area (Å²) in [6.45, 7) is -0.421. The first-order chi connectivity index (χ1) is 14.3. The number of hydrogen-bond acceptors (Lipinski definition) is 6. The SMILES string of the molecule is Cn1cc(/C=C2/SC(=O)N(CC(=O)c3ccc([N+](=O)[O-])cc3)C2=O)c2ccccc21. The van der Waals surface area contributed by atoms with Crippen molar-refractivity contribution >= 4 is 51.4 Å². The fraction of sp³-hybridized carbons (Fsp3) is 0.0952. The van der Waals surface area contributed by atoms with Gasteiger partial charge in [-0.25, -0.2) is 0 Å². The van der Waals surface area contributed by atoms with Crippen LogP contribution in [0, 0.1) is 10.1 Å². The van der Waals surface area contributed by atoms with Gasteiger partial charge < -0.3 is 4.57 Å². The third kappa shape index (κ3) is 3.50. The normalized spacial score (nSPS) is 15.4. The Morgan fingerprint density at radius 3 is 2.53 bits per heavy atom. The molecule has 2 aromatic carbocycles. The van der Waals surface area contributed by atoms with Gasteiger partial charge in [0, 0.05) is 47.4 Å². The second-order valence-corrected chi connectivity index (χ2v) is 7.70. The minimum Gasteiger partial charge on any atom is -0.350 e. The molecule has 1 aliphatic heterocycles. The maximum atomic E-state index is 12.7. The summed E-state index contributed by atoms with van der Waals surface area (Å²) in [6, 6.07) is 12.8. The van der Waals surface area contributed by atoms with Crippen LogP contribution in [0.15, 0.2) is 59.6 Å². The number of aromatic nitrogens is 1. The molecule has 0 aliphatic carbocycles. The van der Waals surface area contributed by atoms with Gasteiger partial charge in [0.1, 0.15) is 0 Å². The lowest BCUT2D eigenvalue weighted by Crippen LogP contribution is -2.33. The zero-order chi connectivity index (χ0) is 21.4. The number of aryl methyl sites for hydroxylation is 1. The predicted molar refractivity (Wildman–Crippen MR) is 113 cm³/mol. The second-order valence-electron chi connectivity index (χ2n) is 6.71. The van der Waals surface area contributed by atoms with Crippen LogP contribution in [0.3, 0.4) is 0 Å². The molecule has 30 heavy (non-hydrogen) atoms. The number of nitro benzene ring substituents is 1. The highest BCUT2D eigenvalue weighted by molar-refractivity contribution is 8.18. The van der Waals surface area contributed by atoms with Crippen LogP contribution < -0.4 is 0 Å². The van der Waals surface area contributed by atoms with Gasteiger partial charge in [-0.05, 0) is 36.0 Å². The molecule has 1 aliphatic rings. The van der Waals surface area contributed by atoms with Crippen LogP contribution in [-0.2, 0) is 11.8 Å². The van der Waals surface area contributed by atoms with Gasteiger partial charge in [0.25, 0.3) is 16.8 Å². The number of thioether (sulfide) groups is 1. The molecule has 0 atom stereocenters. The molecule has 0 radical (unpaired) electrons. The van der Waals surface area contributed by atoms with Gasteiger partial charge in [-0.15, -0.1) is 0 Å². The van der Waals surface area contributed by atoms with Crippen LogP contribution >= 0.6 is 11.8 Å². The van der Waals surface area contributed by atoms with Crippen LogP contribution in [0.5, 0.6) is 0 Å². The average Bonchev–Trinajstić information content (AvgIpc) is 3.19. The van der Waals surface area contributed by atoms with Gasteiger partial charge in [0.15, 0.2) is 5.78 Å². The maximum Gasteiger partial charge on any atom is 0.293 e. The number of carbonyl (C=O) groups is 3. The molecule has 0 N–H and O–H groups in total. The molecule has 1 saturated heterocycles. The van der Waals surface area contributed by atoms with E-state index in [1.165, 1.54) is 24.3 Å². The zero-order valence-electron chi connectivity index (χ0n) is 15.8. The van der Waals surface area contributed by atoms with E-state index in [1.54, 1.807) is 6.08 Å². The first kappa shape index (κ1) is 19.6. The highest BCUT2D eigenvalue weighted by Gasteiger charge is 2.36. The molecule has 3 aromatic rings. The van der Waals surface area contributed by atoms with Crippen molar-refractivity contribution in [3.8, 4) is 0 Å². The summed E-state index contributed by atoms with van der Waals surface area (Å²) in [4.78, 5) is 48.9. The Morgan fingerprint density at radius 2 is 1.83 bits per heavy atom. The molecule has 4 rings (SSSR count). The number of nitrogens with zero attached hydrogens (tertiary/aromatic N) is 3. The summed E-state index contributed by atoms with van der Waals surface area (Å²) in [5.74, 6) is -1.01. The standard InChI is InChI=1S/C21H15N3O5S/c1-22-11-14(16-4-2-3-5-17(16)22)10-19-20(26)23(21(27)30-19)12-18(25)13-6-8-15(9-7-13)24(28)29/h2-11H,12H2,1H3/b19-10+. The molecular weight excluding hydrogens is 406 g/mol. The van der Waals surface area contributed by atoms with Gasteiger partial charge in [0.05, 0.1) is 16.4 Å². The van der Waals surface area contributed by atoms with Crippen molar-refractivity contribution in [1.82, 2.24) is 9.47 Å². The second kappa shape index (κ2) is 7.60. The van der Waals surface area contributed by atoms with E-state index in [1.807, 2.05) is 42.1 Å². The number of nitro groups is 1. The van der Waals surface area contributed by atoms with Gasteiger partial charge in [-0.3, -0.25) is 29.4 Å². The first-order valence-electron chi connectivity index (χ1n) is 8.92. The molecule has 2 heterocycles. The third-order valence-corrected chi connectivity index (χ3v) is 5.70. The maximum absolute atomic E-state index is 12.7. The van der Waals surface area contributed by atoms with E-state index < -0.39 is 28.4 Å². The van der Waals surface area contributed by atoms with Crippen molar-refractivity contribution in [2.24, 2.45) is 7.05 Å². The lowest BCUT2D eigenvalue weighted by atomic mass is 10.1. The number of ketones is 1. The van der Waals surface area contributed by atoms with Crippen molar-refractivity contribution in [2.45, 2.75) is 0 Å². The molecule has 9 heteroatoms. The Bertz CT molecular complexity index is 1240. The summed E-state index contributed by atoms with van der Waals surface area (Å²) >= 11 is 0.786. The van der Waals surface area contributed by atoms with Crippen molar-refractivity contribution in [1.29, 1.82) is 0 Å². The van der Waals surface area contributed by atoms with Gasteiger partial charge in [0.2, 0.25) is 0 Å². The molecular formula is C21H15N3O5S. The van der Waals surface area contributed by atoms with Crippen molar-refractivity contribution < 1.29 is 19.3 Å². The van der Waals surface area contributed by atoms with E-state index >= 15 is 0 Å². The Labute approximate surface area is 174 Å². The number of fused-ring (bicyclic) bond motifs is 1. The summed E-state index contributed by atoms with van der Waals surface area (Å²) in [5, 5.41) is 11.2. The molecule has 150 valence electrons. The number of benzene rings is 2. The van der Waals surface area contributed by atoms with Gasteiger partial charge in [-0.2, -0.15) is 0 Å². The molecule has 8 nitrogen and oxygen atoms in total. The van der Waals surface area contributed by atoms with Gasteiger partial charge >= 0.3 is 0 Å². The molecule has 1 fully saturated rings. The number of carbonyl (C=O) groups excluding carboxylic acids is 3. The Balaban J connectivity index is 1.56. The summed E-state index contributed by atoms with van der Waals surface area (Å²) in [5.41, 5.74) is 1.85. The zero-order valence-corrected chi connectivity index (χ0v) is 16.6. The molecule has 2 amide bonds. The van der Waals surface area contributed by atoms with Crippen molar-refractivity contribution in [2.75, 3.05) is 6.54 Å². The van der Waals surface area contributed by atoms with Crippen LogP contribution in [0.4, 0.5) is 10.5 Å². The monoisotopic (exact) mass is 421 g/mol. The highest BCUT2D eigenvalue weighted by atomic mass is 32.2. The van der Waals surface area contributed by atoms with Crippen LogP contribution in [0.25, 0.3) is 17.0 Å². The smallest absolute Gasteiger partial charge is 0.293 e. The number of rotatable bonds is 5. The quantitative estimate of drug-likeness (QED) is 0.267. The van der Waals surface area contributed by atoms with E-state index in [2.05, 4.69) is 0 Å². The number of para-hydroxylation sites is 1. The summed E-state index contributed by atoms with van der Waals surface area (Å²) < 4.78 is 1.93. The predicted octanol–water partition coefficient (Wildman–Crippen LogP) is 4.01. The molecule has 0 spiro atoms. The Hall–Kier alpha value is -3.72. The lowest BCUT2D eigenvalue weighted by molar-refractivity contribution is -0.384. The Kier molecular flexibility index (Phi) is 4.96. The number of Topliss-reactive ketones (excluding diaryl/α,β-unsaturated/α-hetero) is 1. The number of hydrogen-bond donors (Lipinski definition) is 0. The largest absolute Gasteiger partial charge is 0.350 e. The highest BCUT2D eigenvalue weighted by Crippen LogP contribution is 2.34. The van der Waals surface area contributed by atoms with Crippen molar-refractivity contribution in [3.05, 3.63) is 80.9 Å². The van der Waals surface area contributed by atoms with Crippen LogP contribution in [-0.4, -0.2) is 37.9 Å². The summed E-state index contributed by atoms with van der Waals surface area (Å²) in [6.07, 6.45) is 3.53. The number of imide groups is 1. The van der Waals surface area contributed by atoms with E-state index in [9.17, 15) is 24.5 Å². The van der Waals surface area contributed by atoms with E-state index in [0.29, 0.717) is 0 Å². The summed E-state index contributed by atoms with van der Waals surface area (Å²) in [7, 11) is 1.90. The number of non-ortho nitro benzene ring substituents is 1. The molecule has 0 unspecified atom stereocenters. The van der Waals surface area contributed by atoms with E-state index in [-0.39, 0.29) is 16.2 Å². The molecule has 1 aromatic heterocycles. The van der Waals surface area contributed by atoms with E-state index in [4.69, 9.17) is 0 Å². The lowest BCUT2D eigenvalue weighted by Gasteiger charge is -2.11. The first-order valence-corrected chi connectivity index (χ1v) is 9.74. The topological polar surface area (TPSA) is 103 Å². The van der Waals surface area contributed by atoms with E-state index in [0.717, 1.165) is 33.1 Å². The van der Waals surface area contributed by atoms with Crippen LogP contribution in [0.1, 0.15) is 15.9 Å². The molecule has 0 saturated carbocycles. The van der Waals surface area contributed by atoms with Crippen LogP contribution in [0.2, 0.25) is 0 Å². The number of amides is 2. The third-order valence-electron chi connectivity index (χ3n) is 4.79. The average molecular weight is 421 g/mol. The fourth-order valence-corrected chi connectivity index (χ4v) is 4.10. The van der Waals surface area contributed by atoms with Gasteiger partial charge in [-0.1, -0.05) is 18.2 Å². The molecule has 0 bridgehead atoms. The Morgan fingerprint density at radius 1 is 1.13 bits per heavy atom. The minimum atomic E-state index is -0.567. The van der Waals surface area contributed by atoms with Crippen molar-refractivity contribution in [3.63, 3.8) is 0 Å². The fourth-order valence-electron chi connectivity index (χ4n) is 3.27.